The quantitative estimate of drug-likeness (QED) is 0.260. The summed E-state index contributed by atoms with van der Waals surface area (Å²) in [5, 5.41) is 3.05. The number of piperidine rings is 3. The Kier molecular flexibility index (Phi) is 17.7. The first-order valence-electron chi connectivity index (χ1n) is 16.7. The molecule has 1 unspecified atom stereocenters. The Hall–Kier alpha value is -4.41. The standard InChI is InChI=1S/2C14H21NO4.C9H13NO2/c2*1-6-10-7-8-11(12(16)18-5)15(9-10)13(17)19-14(2,3)4;1-3-7-4-5-8(10-6-7)9(11)12-2/h2*1,10-11H,7-9H2,2-5H3;1,7-8,10H,4-6H2,2H3/t10-,11+;10-,11-;7?,8-/m100/s1. The average molecular weight is 702 g/mol. The second kappa shape index (κ2) is 20.3. The van der Waals surface area contributed by atoms with Gasteiger partial charge in [-0.1, -0.05) is 0 Å². The fraction of sp³-hybridized carbons (Fsp3) is 0.703. The molecule has 0 aliphatic carbocycles. The summed E-state index contributed by atoms with van der Waals surface area (Å²) in [6, 6.07) is -1.37. The predicted molar refractivity (Wildman–Crippen MR) is 186 cm³/mol. The number of amides is 2. The second-order valence-corrected chi connectivity index (χ2v) is 14.2. The Labute approximate surface area is 297 Å². The highest BCUT2D eigenvalue weighted by Crippen LogP contribution is 2.26. The lowest BCUT2D eigenvalue weighted by Crippen LogP contribution is -2.52. The highest BCUT2D eigenvalue weighted by atomic mass is 16.6. The van der Waals surface area contributed by atoms with Gasteiger partial charge < -0.3 is 29.0 Å². The molecular weight excluding hydrogens is 646 g/mol. The molecule has 1 N–H and O–H groups in total. The number of methoxy groups -OCH3 is 3. The van der Waals surface area contributed by atoms with E-state index >= 15 is 0 Å². The van der Waals surface area contributed by atoms with Crippen molar-refractivity contribution in [2.24, 2.45) is 17.8 Å². The number of hydrogen-bond donors (Lipinski definition) is 1. The molecule has 3 saturated heterocycles. The minimum Gasteiger partial charge on any atom is -0.468 e. The number of nitrogens with one attached hydrogen (secondary N) is 1. The molecule has 0 spiro atoms. The molecule has 3 aliphatic heterocycles. The number of nitrogens with zero attached hydrogens (tertiary/aromatic N) is 2. The first-order valence-corrected chi connectivity index (χ1v) is 16.7. The molecule has 0 radical (unpaired) electrons. The molecule has 2 amide bonds. The van der Waals surface area contributed by atoms with Crippen molar-refractivity contribution in [3.05, 3.63) is 0 Å². The highest BCUT2D eigenvalue weighted by Gasteiger charge is 2.39. The van der Waals surface area contributed by atoms with E-state index in [-0.39, 0.29) is 29.8 Å². The minimum absolute atomic E-state index is 0.0478. The molecule has 0 aromatic rings. The largest absolute Gasteiger partial charge is 0.468 e. The number of likely N-dealkylation sites (tertiary alicyclic amines) is 2. The van der Waals surface area contributed by atoms with E-state index in [9.17, 15) is 24.0 Å². The molecule has 13 heteroatoms. The molecule has 3 fully saturated rings. The molecule has 3 heterocycles. The molecular formula is C37H55N3O10. The number of terminal acetylenes is 3. The van der Waals surface area contributed by atoms with Gasteiger partial charge in [0.2, 0.25) is 0 Å². The smallest absolute Gasteiger partial charge is 0.411 e. The molecule has 3 aliphatic rings. The maximum Gasteiger partial charge on any atom is 0.411 e. The minimum atomic E-state index is -0.610. The Bertz CT molecular complexity index is 1210. The van der Waals surface area contributed by atoms with E-state index in [1.54, 1.807) is 41.5 Å². The Morgan fingerprint density at radius 3 is 1.22 bits per heavy atom. The number of esters is 3. The van der Waals surface area contributed by atoms with E-state index < -0.39 is 47.4 Å². The van der Waals surface area contributed by atoms with Crippen molar-refractivity contribution in [1.82, 2.24) is 15.1 Å². The van der Waals surface area contributed by atoms with Crippen LogP contribution in [0.25, 0.3) is 0 Å². The van der Waals surface area contributed by atoms with Gasteiger partial charge in [0.05, 0.1) is 21.3 Å². The average Bonchev–Trinajstić information content (AvgIpc) is 3.09. The maximum absolute atomic E-state index is 12.1. The van der Waals surface area contributed by atoms with Crippen molar-refractivity contribution in [3.8, 4) is 37.0 Å². The second-order valence-electron chi connectivity index (χ2n) is 14.2. The van der Waals surface area contributed by atoms with Gasteiger partial charge >= 0.3 is 30.1 Å². The van der Waals surface area contributed by atoms with Crippen LogP contribution in [0.4, 0.5) is 9.59 Å². The molecule has 0 bridgehead atoms. The normalized spacial score (nSPS) is 24.8. The van der Waals surface area contributed by atoms with Crippen molar-refractivity contribution in [3.63, 3.8) is 0 Å². The van der Waals surface area contributed by atoms with Crippen LogP contribution in [0.2, 0.25) is 0 Å². The summed E-state index contributed by atoms with van der Waals surface area (Å²) in [6.07, 6.45) is 19.1. The van der Waals surface area contributed by atoms with Crippen LogP contribution >= 0.6 is 0 Å². The molecule has 13 nitrogen and oxygen atoms in total. The number of carbonyl (C=O) groups is 5. The Morgan fingerprint density at radius 2 is 0.940 bits per heavy atom. The topological polar surface area (TPSA) is 150 Å². The van der Waals surface area contributed by atoms with Gasteiger partial charge in [0, 0.05) is 37.4 Å². The van der Waals surface area contributed by atoms with E-state index in [1.807, 2.05) is 0 Å². The fourth-order valence-electron chi connectivity index (χ4n) is 5.36. The molecule has 0 aromatic heterocycles. The summed E-state index contributed by atoms with van der Waals surface area (Å²) in [4.78, 5) is 61.5. The van der Waals surface area contributed by atoms with E-state index in [0.717, 1.165) is 19.4 Å². The summed E-state index contributed by atoms with van der Waals surface area (Å²) in [5.74, 6) is 7.05. The van der Waals surface area contributed by atoms with E-state index in [0.29, 0.717) is 38.8 Å². The Balaban J connectivity index is 0.000000385. The van der Waals surface area contributed by atoms with Crippen molar-refractivity contribution in [1.29, 1.82) is 0 Å². The van der Waals surface area contributed by atoms with Crippen molar-refractivity contribution in [2.75, 3.05) is 41.0 Å². The van der Waals surface area contributed by atoms with Gasteiger partial charge in [0.25, 0.3) is 0 Å². The zero-order chi connectivity index (χ0) is 38.2. The van der Waals surface area contributed by atoms with Crippen LogP contribution < -0.4 is 5.32 Å². The molecule has 3 rings (SSSR count). The van der Waals surface area contributed by atoms with Crippen LogP contribution in [0.1, 0.15) is 80.1 Å². The third-order valence-corrected chi connectivity index (χ3v) is 7.97. The lowest BCUT2D eigenvalue weighted by atomic mass is 9.93. The predicted octanol–water partition coefficient (Wildman–Crippen LogP) is 3.78. The molecule has 0 aromatic carbocycles. The van der Waals surface area contributed by atoms with E-state index in [1.165, 1.54) is 31.1 Å². The molecule has 0 saturated carbocycles. The lowest BCUT2D eigenvalue weighted by molar-refractivity contribution is -0.149. The summed E-state index contributed by atoms with van der Waals surface area (Å²) < 4.78 is 24.7. The van der Waals surface area contributed by atoms with Gasteiger partial charge in [0.1, 0.15) is 29.3 Å². The van der Waals surface area contributed by atoms with E-state index in [2.05, 4.69) is 27.8 Å². The van der Waals surface area contributed by atoms with Gasteiger partial charge in [0.15, 0.2) is 0 Å². The van der Waals surface area contributed by atoms with Crippen molar-refractivity contribution < 1.29 is 47.7 Å². The van der Waals surface area contributed by atoms with Crippen LogP contribution in [0, 0.1) is 54.8 Å². The van der Waals surface area contributed by atoms with Gasteiger partial charge in [-0.25, -0.2) is 19.2 Å². The Morgan fingerprint density at radius 1 is 0.580 bits per heavy atom. The van der Waals surface area contributed by atoms with E-state index in [4.69, 9.17) is 38.2 Å². The summed E-state index contributed by atoms with van der Waals surface area (Å²) in [5.41, 5.74) is -1.22. The fourth-order valence-corrected chi connectivity index (χ4v) is 5.36. The number of hydrogen-bond acceptors (Lipinski definition) is 11. The van der Waals surface area contributed by atoms with Crippen LogP contribution in [0.5, 0.6) is 0 Å². The van der Waals surface area contributed by atoms with Gasteiger partial charge in [-0.05, 0) is 80.1 Å². The van der Waals surface area contributed by atoms with Crippen LogP contribution in [0.15, 0.2) is 0 Å². The molecule has 6 atom stereocenters. The summed E-state index contributed by atoms with van der Waals surface area (Å²) >= 11 is 0. The number of carbonyl (C=O) groups excluding carboxylic acids is 5. The highest BCUT2D eigenvalue weighted by molar-refractivity contribution is 5.82. The number of ether oxygens (including phenoxy) is 5. The zero-order valence-corrected chi connectivity index (χ0v) is 31.0. The van der Waals surface area contributed by atoms with Crippen LogP contribution in [-0.2, 0) is 38.1 Å². The van der Waals surface area contributed by atoms with Crippen LogP contribution in [0.3, 0.4) is 0 Å². The van der Waals surface area contributed by atoms with Gasteiger partial charge in [-0.3, -0.25) is 14.6 Å². The number of rotatable bonds is 3. The first-order chi connectivity index (χ1) is 23.3. The SMILES string of the molecule is C#CC1CC[C@@H](C(=O)OC)NC1.C#C[C@@H]1CC[C@@H](C(=O)OC)N(C(=O)OC(C)(C)C)C1.C#C[C@H]1CC[C@@H](C(=O)OC)N(C(=O)OC(C)(C)C)C1. The monoisotopic (exact) mass is 701 g/mol. The third kappa shape index (κ3) is 14.6. The zero-order valence-electron chi connectivity index (χ0n) is 31.0. The lowest BCUT2D eigenvalue weighted by Gasteiger charge is -2.37. The van der Waals surface area contributed by atoms with Crippen molar-refractivity contribution >= 4 is 30.1 Å². The maximum atomic E-state index is 12.1. The summed E-state index contributed by atoms with van der Waals surface area (Å²) in [6.45, 7) is 12.0. The summed E-state index contributed by atoms with van der Waals surface area (Å²) in [7, 11) is 4.02. The third-order valence-electron chi connectivity index (χ3n) is 7.97. The van der Waals surface area contributed by atoms with Crippen LogP contribution in [-0.4, -0.2) is 110 Å². The van der Waals surface area contributed by atoms with Crippen molar-refractivity contribution in [2.45, 2.75) is 109 Å². The molecule has 278 valence electrons. The molecule has 50 heavy (non-hydrogen) atoms. The van der Waals surface area contributed by atoms with Gasteiger partial charge in [-0.15, -0.1) is 37.0 Å². The van der Waals surface area contributed by atoms with Gasteiger partial charge in [-0.2, -0.15) is 0 Å². The first kappa shape index (κ1) is 43.6.